The smallest absolute Gasteiger partial charge is 0.329 e. The van der Waals surface area contributed by atoms with Crippen LogP contribution in [0.2, 0.25) is 0 Å². The molecular formula is C11H13FN2O5S. The van der Waals surface area contributed by atoms with E-state index in [0.717, 1.165) is 22.8 Å². The van der Waals surface area contributed by atoms with Crippen LogP contribution in [0.25, 0.3) is 0 Å². The molecular weight excluding hydrogens is 291 g/mol. The highest BCUT2D eigenvalue weighted by Gasteiger charge is 2.46. The summed E-state index contributed by atoms with van der Waals surface area (Å²) >= 11 is 0. The third-order valence-corrected chi connectivity index (χ3v) is 4.64. The maximum atomic E-state index is 13.0. The number of halogens is 1. The van der Waals surface area contributed by atoms with Gasteiger partial charge >= 0.3 is 5.97 Å². The van der Waals surface area contributed by atoms with Gasteiger partial charge in [0.05, 0.1) is 11.8 Å². The molecule has 2 rings (SSSR count). The zero-order chi connectivity index (χ0) is 15.0. The zero-order valence-electron chi connectivity index (χ0n) is 10.6. The fraction of sp³-hybridized carbons (Fsp3) is 0.455. The van der Waals surface area contributed by atoms with Crippen molar-refractivity contribution < 1.29 is 27.4 Å². The number of aliphatic carboxylic acids is 1. The Labute approximate surface area is 115 Å². The van der Waals surface area contributed by atoms with E-state index in [4.69, 9.17) is 9.84 Å². The molecule has 0 unspecified atom stereocenters. The molecule has 0 radical (unpaired) electrons. The van der Waals surface area contributed by atoms with E-state index in [0.29, 0.717) is 0 Å². The lowest BCUT2D eigenvalue weighted by atomic mass is 10.0. The molecule has 0 spiro atoms. The zero-order valence-corrected chi connectivity index (χ0v) is 11.4. The van der Waals surface area contributed by atoms with Crippen LogP contribution in [0.1, 0.15) is 6.92 Å². The summed E-state index contributed by atoms with van der Waals surface area (Å²) in [7, 11) is -3.83. The first-order valence-electron chi connectivity index (χ1n) is 5.69. The third-order valence-electron chi connectivity index (χ3n) is 2.88. The van der Waals surface area contributed by atoms with Gasteiger partial charge in [0.2, 0.25) is 10.0 Å². The number of hydrogen-bond donors (Lipinski definition) is 1. The minimum absolute atomic E-state index is 0.0130. The Balaban J connectivity index is 2.06. The molecule has 1 aliphatic heterocycles. The van der Waals surface area contributed by atoms with Crippen LogP contribution in [0.4, 0.5) is 4.39 Å². The number of sulfonamides is 1. The molecule has 1 aliphatic rings. The highest BCUT2D eigenvalue weighted by Crippen LogP contribution is 2.30. The predicted molar refractivity (Wildman–Crippen MR) is 64.9 cm³/mol. The Hall–Kier alpha value is -1.58. The van der Waals surface area contributed by atoms with Gasteiger partial charge in [0.1, 0.15) is 17.3 Å². The van der Waals surface area contributed by atoms with Crippen molar-refractivity contribution in [3.63, 3.8) is 0 Å². The van der Waals surface area contributed by atoms with Crippen molar-refractivity contribution in [3.05, 3.63) is 24.3 Å². The molecule has 20 heavy (non-hydrogen) atoms. The largest absolute Gasteiger partial charge is 0.480 e. The van der Waals surface area contributed by atoms with Crippen LogP contribution in [-0.2, 0) is 19.6 Å². The number of hydrogen-bond acceptors (Lipinski definition) is 5. The molecule has 0 saturated carbocycles. The quantitative estimate of drug-likeness (QED) is 0.828. The molecule has 1 saturated heterocycles. The second kappa shape index (κ2) is 5.08. The summed E-state index contributed by atoms with van der Waals surface area (Å²) in [5.41, 5.74) is -0.841. The molecule has 110 valence electrons. The van der Waals surface area contributed by atoms with Gasteiger partial charge in [-0.25, -0.2) is 17.6 Å². The molecule has 1 N–H and O–H groups in total. The second-order valence-electron chi connectivity index (χ2n) is 4.74. The summed E-state index contributed by atoms with van der Waals surface area (Å²) in [6.07, 6.45) is 1.97. The van der Waals surface area contributed by atoms with Gasteiger partial charge in [0, 0.05) is 19.3 Å². The van der Waals surface area contributed by atoms with Crippen LogP contribution in [0.5, 0.6) is 0 Å². The Morgan fingerprint density at radius 3 is 2.75 bits per heavy atom. The highest BCUT2D eigenvalue weighted by molar-refractivity contribution is 7.89. The molecule has 0 aromatic carbocycles. The summed E-state index contributed by atoms with van der Waals surface area (Å²) in [4.78, 5) is 13.7. The average molecular weight is 304 g/mol. The number of ether oxygens (including phenoxy) is 1. The second-order valence-corrected chi connectivity index (χ2v) is 6.68. The van der Waals surface area contributed by atoms with Crippen LogP contribution in [-0.4, -0.2) is 54.1 Å². The number of carboxylic acid groups (broad SMARTS) is 1. The van der Waals surface area contributed by atoms with Crippen LogP contribution in [0.15, 0.2) is 23.4 Å². The lowest BCUT2D eigenvalue weighted by Gasteiger charge is -2.45. The van der Waals surface area contributed by atoms with Crippen molar-refractivity contribution >= 4 is 16.0 Å². The topological polar surface area (TPSA) is 96.8 Å². The molecule has 1 aromatic rings. The van der Waals surface area contributed by atoms with Gasteiger partial charge in [0.25, 0.3) is 0 Å². The molecule has 2 heterocycles. The Morgan fingerprint density at radius 1 is 1.55 bits per heavy atom. The van der Waals surface area contributed by atoms with Gasteiger partial charge in [-0.05, 0) is 13.0 Å². The fourth-order valence-corrected chi connectivity index (χ4v) is 3.52. The number of aromatic nitrogens is 1. The number of rotatable bonds is 5. The van der Waals surface area contributed by atoms with Crippen molar-refractivity contribution in [1.29, 1.82) is 0 Å². The van der Waals surface area contributed by atoms with E-state index in [1.807, 2.05) is 0 Å². The molecule has 0 aliphatic carbocycles. The molecule has 1 fully saturated rings. The van der Waals surface area contributed by atoms with Crippen LogP contribution >= 0.6 is 0 Å². The van der Waals surface area contributed by atoms with Crippen LogP contribution in [0, 0.1) is 5.82 Å². The number of carboxylic acids is 1. The van der Waals surface area contributed by atoms with Crippen LogP contribution in [0.3, 0.4) is 0 Å². The van der Waals surface area contributed by atoms with Gasteiger partial charge < -0.3 is 9.84 Å². The summed E-state index contributed by atoms with van der Waals surface area (Å²) in [5, 5.41) is 8.52. The lowest BCUT2D eigenvalue weighted by molar-refractivity contribution is -0.157. The minimum Gasteiger partial charge on any atom is -0.480 e. The summed E-state index contributed by atoms with van der Waals surface area (Å²) in [5.74, 6) is -1.86. The van der Waals surface area contributed by atoms with E-state index in [9.17, 15) is 17.6 Å². The first kappa shape index (κ1) is 14.8. The average Bonchev–Trinajstić information content (AvgIpc) is 2.33. The van der Waals surface area contributed by atoms with E-state index in [1.165, 1.54) is 0 Å². The van der Waals surface area contributed by atoms with Crippen LogP contribution < -0.4 is 0 Å². The minimum atomic E-state index is -3.83. The summed E-state index contributed by atoms with van der Waals surface area (Å²) in [6.45, 7) is 1.15. The van der Waals surface area contributed by atoms with Crippen molar-refractivity contribution in [1.82, 2.24) is 9.29 Å². The van der Waals surface area contributed by atoms with E-state index < -0.39 is 34.0 Å². The number of carbonyl (C=O) groups is 1. The van der Waals surface area contributed by atoms with Gasteiger partial charge in [-0.2, -0.15) is 4.31 Å². The molecule has 1 aromatic heterocycles. The van der Waals surface area contributed by atoms with Crippen molar-refractivity contribution in [2.45, 2.75) is 17.4 Å². The SMILES string of the molecule is CC1(OCC(=O)O)CN(S(=O)(=O)c2cncc(F)c2)C1. The Morgan fingerprint density at radius 2 is 2.20 bits per heavy atom. The number of nitrogens with zero attached hydrogens (tertiary/aromatic N) is 2. The van der Waals surface area contributed by atoms with Gasteiger partial charge in [-0.3, -0.25) is 4.98 Å². The Bertz CT molecular complexity index is 627. The molecule has 0 atom stereocenters. The maximum Gasteiger partial charge on any atom is 0.329 e. The van der Waals surface area contributed by atoms with Gasteiger partial charge in [-0.1, -0.05) is 0 Å². The molecule has 0 bridgehead atoms. The lowest BCUT2D eigenvalue weighted by Crippen LogP contribution is -2.63. The monoisotopic (exact) mass is 304 g/mol. The van der Waals surface area contributed by atoms with Gasteiger partial charge in [0.15, 0.2) is 0 Å². The predicted octanol–water partition coefficient (Wildman–Crippen LogP) is 0.0849. The normalized spacial score (nSPS) is 18.5. The van der Waals surface area contributed by atoms with Gasteiger partial charge in [-0.15, -0.1) is 0 Å². The van der Waals surface area contributed by atoms with Crippen molar-refractivity contribution in [3.8, 4) is 0 Å². The van der Waals surface area contributed by atoms with E-state index in [-0.39, 0.29) is 18.0 Å². The molecule has 7 nitrogen and oxygen atoms in total. The third kappa shape index (κ3) is 2.94. The Kier molecular flexibility index (Phi) is 3.76. The van der Waals surface area contributed by atoms with Crippen molar-refractivity contribution in [2.75, 3.05) is 19.7 Å². The maximum absolute atomic E-state index is 13.0. The number of pyridine rings is 1. The van der Waals surface area contributed by atoms with E-state index in [2.05, 4.69) is 4.98 Å². The fourth-order valence-electron chi connectivity index (χ4n) is 1.88. The van der Waals surface area contributed by atoms with E-state index in [1.54, 1.807) is 6.92 Å². The standard InChI is InChI=1S/C11H13FN2O5S/c1-11(19-5-10(15)16)6-14(7-11)20(17,18)9-2-8(12)3-13-4-9/h2-4H,5-7H2,1H3,(H,15,16). The first-order chi connectivity index (χ1) is 9.23. The summed E-state index contributed by atoms with van der Waals surface area (Å²) in [6, 6.07) is 0.885. The first-order valence-corrected chi connectivity index (χ1v) is 7.13. The molecule has 9 heteroatoms. The molecule has 0 amide bonds. The van der Waals surface area contributed by atoms with E-state index >= 15 is 0 Å². The van der Waals surface area contributed by atoms with Crippen molar-refractivity contribution in [2.24, 2.45) is 0 Å². The highest BCUT2D eigenvalue weighted by atomic mass is 32.2. The summed E-state index contributed by atoms with van der Waals surface area (Å²) < 4.78 is 43.5.